The van der Waals surface area contributed by atoms with E-state index in [0.717, 1.165) is 5.56 Å². The molecule has 0 spiro atoms. The predicted octanol–water partition coefficient (Wildman–Crippen LogP) is 1.77. The number of hydrogen-bond acceptors (Lipinski definition) is 4. The van der Waals surface area contributed by atoms with Crippen LogP contribution in [0.15, 0.2) is 29.2 Å². The van der Waals surface area contributed by atoms with Crippen LogP contribution in [-0.2, 0) is 0 Å². The molecule has 1 amide bonds. The van der Waals surface area contributed by atoms with E-state index in [9.17, 15) is 9.59 Å². The third kappa shape index (κ3) is 2.71. The molecule has 0 saturated heterocycles. The van der Waals surface area contributed by atoms with Gasteiger partial charge in [0.1, 0.15) is 16.8 Å². The summed E-state index contributed by atoms with van der Waals surface area (Å²) >= 11 is 0. The molecule has 130 valence electrons. The molecule has 25 heavy (non-hydrogen) atoms. The normalized spacial score (nSPS) is 11.4. The van der Waals surface area contributed by atoms with Crippen LogP contribution in [0.5, 0.6) is 0 Å². The zero-order valence-corrected chi connectivity index (χ0v) is 14.8. The third-order valence-corrected chi connectivity index (χ3v) is 4.10. The molecule has 0 aliphatic heterocycles. The van der Waals surface area contributed by atoms with Crippen molar-refractivity contribution >= 4 is 22.6 Å². The number of pyridine rings is 2. The summed E-state index contributed by atoms with van der Waals surface area (Å²) in [6.45, 7) is 7.96. The van der Waals surface area contributed by atoms with Gasteiger partial charge in [0.2, 0.25) is 0 Å². The van der Waals surface area contributed by atoms with E-state index in [4.69, 9.17) is 5.41 Å². The Morgan fingerprint density at radius 2 is 2.08 bits per heavy atom. The summed E-state index contributed by atoms with van der Waals surface area (Å²) in [5.74, 6) is -0.363. The van der Waals surface area contributed by atoms with Crippen molar-refractivity contribution in [2.75, 3.05) is 6.54 Å². The first kappa shape index (κ1) is 16.9. The Labute approximate surface area is 144 Å². The summed E-state index contributed by atoms with van der Waals surface area (Å²) in [7, 11) is 0. The molecule has 3 rings (SSSR count). The van der Waals surface area contributed by atoms with Crippen molar-refractivity contribution in [1.29, 1.82) is 5.41 Å². The lowest BCUT2D eigenvalue weighted by Crippen LogP contribution is -2.35. The zero-order chi connectivity index (χ0) is 18.3. The summed E-state index contributed by atoms with van der Waals surface area (Å²) in [6.07, 6.45) is 1.73. The van der Waals surface area contributed by atoms with Crippen LogP contribution < -0.4 is 16.4 Å². The Morgan fingerprint density at radius 1 is 1.36 bits per heavy atom. The van der Waals surface area contributed by atoms with Gasteiger partial charge < -0.3 is 9.88 Å². The molecule has 7 heteroatoms. The highest BCUT2D eigenvalue weighted by Crippen LogP contribution is 2.14. The van der Waals surface area contributed by atoms with Crippen molar-refractivity contribution < 1.29 is 4.79 Å². The number of fused-ring (bicyclic) bond motifs is 2. The quantitative estimate of drug-likeness (QED) is 0.712. The van der Waals surface area contributed by atoms with Crippen molar-refractivity contribution in [1.82, 2.24) is 19.3 Å². The first-order valence-electron chi connectivity index (χ1n) is 8.26. The van der Waals surface area contributed by atoms with Crippen LogP contribution in [0.2, 0.25) is 0 Å². The highest BCUT2D eigenvalue weighted by molar-refractivity contribution is 5.96. The fourth-order valence-corrected chi connectivity index (χ4v) is 2.94. The number of aryl methyl sites for hydroxylation is 1. The first-order chi connectivity index (χ1) is 11.8. The molecule has 0 unspecified atom stereocenters. The predicted molar refractivity (Wildman–Crippen MR) is 95.9 cm³/mol. The topological polar surface area (TPSA) is 92.2 Å². The van der Waals surface area contributed by atoms with Crippen LogP contribution in [0.4, 0.5) is 0 Å². The van der Waals surface area contributed by atoms with Crippen molar-refractivity contribution in [3.05, 3.63) is 51.4 Å². The molecule has 7 nitrogen and oxygen atoms in total. The molecule has 0 bridgehead atoms. The number of hydrogen-bond donors (Lipinski definition) is 2. The second-order valence-corrected chi connectivity index (χ2v) is 6.32. The molecule has 2 N–H and O–H groups in total. The van der Waals surface area contributed by atoms with Crippen molar-refractivity contribution in [3.8, 4) is 0 Å². The summed E-state index contributed by atoms with van der Waals surface area (Å²) in [4.78, 5) is 29.9. The lowest BCUT2D eigenvalue weighted by atomic mass is 10.1. The van der Waals surface area contributed by atoms with Crippen LogP contribution in [0, 0.1) is 12.3 Å². The van der Waals surface area contributed by atoms with E-state index in [-0.39, 0.29) is 28.6 Å². The summed E-state index contributed by atoms with van der Waals surface area (Å²) in [6, 6.07) is 5.02. The van der Waals surface area contributed by atoms with E-state index >= 15 is 0 Å². The maximum Gasteiger partial charge on any atom is 0.267 e. The van der Waals surface area contributed by atoms with Crippen LogP contribution in [0.1, 0.15) is 42.7 Å². The highest BCUT2D eigenvalue weighted by Gasteiger charge is 2.18. The van der Waals surface area contributed by atoms with Gasteiger partial charge in [-0.1, -0.05) is 6.07 Å². The average Bonchev–Trinajstić information content (AvgIpc) is 2.55. The standard InChI is InChI=1S/C18H21N5O2/c1-5-20-17(24)12-8-13-16(23(10(2)3)15(12)19)21-14-7-6-11(4)9-22(14)18(13)25/h6-10,19H,5H2,1-4H3,(H,20,24). The van der Waals surface area contributed by atoms with Gasteiger partial charge in [0.05, 0.1) is 10.9 Å². The minimum Gasteiger partial charge on any atom is -0.352 e. The molecular formula is C18H21N5O2. The molecular weight excluding hydrogens is 318 g/mol. The lowest BCUT2D eigenvalue weighted by Gasteiger charge is -2.17. The van der Waals surface area contributed by atoms with Gasteiger partial charge >= 0.3 is 0 Å². The summed E-state index contributed by atoms with van der Waals surface area (Å²) < 4.78 is 3.11. The van der Waals surface area contributed by atoms with Gasteiger partial charge in [-0.15, -0.1) is 0 Å². The summed E-state index contributed by atoms with van der Waals surface area (Å²) in [5.41, 5.74) is 1.85. The van der Waals surface area contributed by atoms with Gasteiger partial charge in [0.15, 0.2) is 0 Å². The van der Waals surface area contributed by atoms with E-state index in [1.165, 1.54) is 10.5 Å². The number of carbonyl (C=O) groups excluding carboxylic acids is 1. The Kier molecular flexibility index (Phi) is 4.16. The molecule has 3 aromatic rings. The SMILES string of the molecule is CCNC(=O)c1cc2c(=O)n3cc(C)ccc3nc2n(C(C)C)c1=N. The van der Waals surface area contributed by atoms with Gasteiger partial charge in [-0.25, -0.2) is 4.98 Å². The van der Waals surface area contributed by atoms with Crippen molar-refractivity contribution in [2.45, 2.75) is 33.7 Å². The van der Waals surface area contributed by atoms with E-state index < -0.39 is 0 Å². The van der Waals surface area contributed by atoms with E-state index in [0.29, 0.717) is 23.2 Å². The molecule has 0 fully saturated rings. The molecule has 0 radical (unpaired) electrons. The van der Waals surface area contributed by atoms with E-state index in [1.807, 2.05) is 33.8 Å². The van der Waals surface area contributed by atoms with Gasteiger partial charge in [-0.05, 0) is 45.4 Å². The highest BCUT2D eigenvalue weighted by atomic mass is 16.1. The second kappa shape index (κ2) is 6.16. The minimum absolute atomic E-state index is 0.0526. The Balaban J connectivity index is 2.51. The average molecular weight is 339 g/mol. The maximum absolute atomic E-state index is 13.0. The number of nitrogens with one attached hydrogen (secondary N) is 2. The lowest BCUT2D eigenvalue weighted by molar-refractivity contribution is 0.0953. The number of rotatable bonds is 3. The van der Waals surface area contributed by atoms with Gasteiger partial charge in [-0.3, -0.25) is 19.4 Å². The largest absolute Gasteiger partial charge is 0.352 e. The smallest absolute Gasteiger partial charge is 0.267 e. The Hall–Kier alpha value is -2.96. The number of amides is 1. The van der Waals surface area contributed by atoms with Crippen LogP contribution in [0.3, 0.4) is 0 Å². The van der Waals surface area contributed by atoms with Crippen LogP contribution >= 0.6 is 0 Å². The number of nitrogens with zero attached hydrogens (tertiary/aromatic N) is 3. The fourth-order valence-electron chi connectivity index (χ4n) is 2.94. The number of carbonyl (C=O) groups is 1. The summed E-state index contributed by atoms with van der Waals surface area (Å²) in [5, 5.41) is 11.5. The Bertz CT molecular complexity index is 1110. The number of aromatic nitrogens is 3. The second-order valence-electron chi connectivity index (χ2n) is 6.32. The molecule has 0 saturated carbocycles. The van der Waals surface area contributed by atoms with E-state index in [1.54, 1.807) is 16.8 Å². The fraction of sp³-hybridized carbons (Fsp3) is 0.333. The molecule has 3 aromatic heterocycles. The van der Waals surface area contributed by atoms with Gasteiger partial charge in [0, 0.05) is 18.8 Å². The van der Waals surface area contributed by atoms with Gasteiger partial charge in [0.25, 0.3) is 11.5 Å². The van der Waals surface area contributed by atoms with Crippen LogP contribution in [0.25, 0.3) is 16.7 Å². The first-order valence-corrected chi connectivity index (χ1v) is 8.26. The molecule has 3 heterocycles. The zero-order valence-electron chi connectivity index (χ0n) is 14.8. The Morgan fingerprint density at radius 3 is 2.72 bits per heavy atom. The van der Waals surface area contributed by atoms with Crippen LogP contribution in [-0.4, -0.2) is 26.4 Å². The molecule has 0 aliphatic rings. The van der Waals surface area contributed by atoms with E-state index in [2.05, 4.69) is 10.3 Å². The molecule has 0 aliphatic carbocycles. The van der Waals surface area contributed by atoms with Crippen molar-refractivity contribution in [3.63, 3.8) is 0 Å². The third-order valence-electron chi connectivity index (χ3n) is 4.10. The van der Waals surface area contributed by atoms with Crippen molar-refractivity contribution in [2.24, 2.45) is 0 Å². The molecule has 0 aromatic carbocycles. The van der Waals surface area contributed by atoms with Gasteiger partial charge in [-0.2, -0.15) is 0 Å². The molecule has 0 atom stereocenters. The maximum atomic E-state index is 13.0. The monoisotopic (exact) mass is 339 g/mol. The minimum atomic E-state index is -0.363.